The summed E-state index contributed by atoms with van der Waals surface area (Å²) in [6.07, 6.45) is -0.873. The number of hydrogen-bond acceptors (Lipinski definition) is 5. The molecule has 0 aliphatic heterocycles. The van der Waals surface area contributed by atoms with Crippen LogP contribution in [0.1, 0.15) is 6.92 Å². The predicted molar refractivity (Wildman–Crippen MR) is 61.1 cm³/mol. The summed E-state index contributed by atoms with van der Waals surface area (Å²) in [5, 5.41) is 0. The van der Waals surface area contributed by atoms with E-state index in [4.69, 9.17) is 4.55 Å². The Balaban J connectivity index is 0.00000256. The number of carbonyl (C=O) groups is 1. The molecule has 6 nitrogen and oxygen atoms in total. The first-order chi connectivity index (χ1) is 7.43. The SMILES string of the molecule is CCOC(=O)Oc1ccc(S(=O)(=O)O)cc1.[NaH]. The molecule has 0 fully saturated rings. The molecule has 0 amide bonds. The molecule has 0 aliphatic rings. The molecule has 17 heavy (non-hydrogen) atoms. The summed E-state index contributed by atoms with van der Waals surface area (Å²) in [6.45, 7) is 1.81. The molecule has 8 heteroatoms. The fourth-order valence-electron chi connectivity index (χ4n) is 0.923. The van der Waals surface area contributed by atoms with Crippen LogP contribution in [0.2, 0.25) is 0 Å². The van der Waals surface area contributed by atoms with Gasteiger partial charge in [0.15, 0.2) is 0 Å². The van der Waals surface area contributed by atoms with Gasteiger partial charge in [-0.25, -0.2) is 4.79 Å². The Bertz CT molecular complexity index is 467. The second-order valence-corrected chi connectivity index (χ2v) is 4.15. The van der Waals surface area contributed by atoms with Crippen LogP contribution in [-0.4, -0.2) is 55.3 Å². The van der Waals surface area contributed by atoms with E-state index < -0.39 is 16.3 Å². The molecule has 0 unspecified atom stereocenters. The maximum atomic E-state index is 10.9. The predicted octanol–water partition coefficient (Wildman–Crippen LogP) is 0.820. The third-order valence-electron chi connectivity index (χ3n) is 1.58. The number of benzene rings is 1. The first-order valence-electron chi connectivity index (χ1n) is 4.35. The van der Waals surface area contributed by atoms with Crippen LogP contribution in [0.4, 0.5) is 4.79 Å². The summed E-state index contributed by atoms with van der Waals surface area (Å²) in [7, 11) is -4.23. The molecular weight excluding hydrogens is 259 g/mol. The molecule has 0 spiro atoms. The molecule has 1 aromatic carbocycles. The van der Waals surface area contributed by atoms with Gasteiger partial charge in [-0.2, -0.15) is 8.42 Å². The Morgan fingerprint density at radius 1 is 1.29 bits per heavy atom. The van der Waals surface area contributed by atoms with Crippen LogP contribution < -0.4 is 4.74 Å². The van der Waals surface area contributed by atoms with Crippen LogP contribution >= 0.6 is 0 Å². The Kier molecular flexibility index (Phi) is 6.73. The van der Waals surface area contributed by atoms with Crippen molar-refractivity contribution in [2.45, 2.75) is 11.8 Å². The van der Waals surface area contributed by atoms with Gasteiger partial charge in [0.25, 0.3) is 10.1 Å². The summed E-state index contributed by atoms with van der Waals surface area (Å²) in [5.41, 5.74) is 0. The van der Waals surface area contributed by atoms with E-state index in [1.165, 1.54) is 12.1 Å². The fourth-order valence-corrected chi connectivity index (χ4v) is 1.40. The molecular formula is C9H11NaO6S. The third-order valence-corrected chi connectivity index (χ3v) is 2.45. The minimum atomic E-state index is -4.23. The number of rotatable bonds is 3. The Labute approximate surface area is 121 Å². The zero-order chi connectivity index (χ0) is 12.2. The van der Waals surface area contributed by atoms with E-state index in [0.717, 1.165) is 12.1 Å². The van der Waals surface area contributed by atoms with E-state index >= 15 is 0 Å². The molecule has 1 rings (SSSR count). The standard InChI is InChI=1S/C9H10O6S.Na.H/c1-2-14-9(10)15-7-3-5-8(6-4-7)16(11,12)13;;/h3-6H,2H2,1H3,(H,11,12,13);;. The van der Waals surface area contributed by atoms with Crippen molar-refractivity contribution in [1.29, 1.82) is 0 Å². The summed E-state index contributed by atoms with van der Waals surface area (Å²) in [5.74, 6) is 0.130. The van der Waals surface area contributed by atoms with E-state index in [-0.39, 0.29) is 46.8 Å². The van der Waals surface area contributed by atoms with Gasteiger partial charge in [0.1, 0.15) is 5.75 Å². The Morgan fingerprint density at radius 2 is 1.82 bits per heavy atom. The van der Waals surface area contributed by atoms with Gasteiger partial charge in [-0.1, -0.05) is 0 Å². The van der Waals surface area contributed by atoms with E-state index in [2.05, 4.69) is 9.47 Å². The number of ether oxygens (including phenoxy) is 2. The second-order valence-electron chi connectivity index (χ2n) is 2.73. The van der Waals surface area contributed by atoms with Crippen LogP contribution in [0.15, 0.2) is 29.2 Å². The Hall–Kier alpha value is -0.600. The van der Waals surface area contributed by atoms with Crippen molar-refractivity contribution in [3.63, 3.8) is 0 Å². The summed E-state index contributed by atoms with van der Waals surface area (Å²) in [4.78, 5) is 10.6. The molecule has 0 aromatic heterocycles. The zero-order valence-electron chi connectivity index (χ0n) is 8.41. The van der Waals surface area contributed by atoms with Crippen LogP contribution in [0.25, 0.3) is 0 Å². The van der Waals surface area contributed by atoms with Gasteiger partial charge >= 0.3 is 35.7 Å². The molecule has 0 heterocycles. The maximum absolute atomic E-state index is 10.9. The molecule has 90 valence electrons. The van der Waals surface area contributed by atoms with Gasteiger partial charge in [-0.15, -0.1) is 0 Å². The van der Waals surface area contributed by atoms with Gasteiger partial charge in [0, 0.05) is 0 Å². The molecule has 0 aliphatic carbocycles. The summed E-state index contributed by atoms with van der Waals surface area (Å²) >= 11 is 0. The van der Waals surface area contributed by atoms with Crippen LogP contribution in [0.5, 0.6) is 5.75 Å². The summed E-state index contributed by atoms with van der Waals surface area (Å²) < 4.78 is 39.3. The van der Waals surface area contributed by atoms with Crippen molar-refractivity contribution < 1.29 is 27.2 Å². The average molecular weight is 270 g/mol. The third kappa shape index (κ3) is 5.51. The van der Waals surface area contributed by atoms with Gasteiger partial charge < -0.3 is 9.47 Å². The van der Waals surface area contributed by atoms with Crippen LogP contribution in [0, 0.1) is 0 Å². The first-order valence-corrected chi connectivity index (χ1v) is 5.79. The van der Waals surface area contributed by atoms with Crippen molar-refractivity contribution in [2.24, 2.45) is 0 Å². The van der Waals surface area contributed by atoms with E-state index in [1.54, 1.807) is 6.92 Å². The molecule has 0 atom stereocenters. The van der Waals surface area contributed by atoms with Crippen molar-refractivity contribution in [2.75, 3.05) is 6.61 Å². The van der Waals surface area contributed by atoms with E-state index in [1.807, 2.05) is 0 Å². The Morgan fingerprint density at radius 3 is 2.24 bits per heavy atom. The number of carbonyl (C=O) groups excluding carboxylic acids is 1. The quantitative estimate of drug-likeness (QED) is 0.378. The first kappa shape index (κ1) is 16.4. The fraction of sp³-hybridized carbons (Fsp3) is 0.222. The van der Waals surface area contributed by atoms with Crippen molar-refractivity contribution in [3.8, 4) is 5.75 Å². The van der Waals surface area contributed by atoms with Crippen molar-refractivity contribution in [1.82, 2.24) is 0 Å². The van der Waals surface area contributed by atoms with Gasteiger partial charge in [-0.05, 0) is 31.2 Å². The molecule has 1 aromatic rings. The van der Waals surface area contributed by atoms with Crippen molar-refractivity contribution in [3.05, 3.63) is 24.3 Å². The van der Waals surface area contributed by atoms with Gasteiger partial charge in [0.2, 0.25) is 0 Å². The summed E-state index contributed by atoms with van der Waals surface area (Å²) in [6, 6.07) is 4.70. The topological polar surface area (TPSA) is 89.9 Å². The zero-order valence-corrected chi connectivity index (χ0v) is 9.23. The van der Waals surface area contributed by atoms with Crippen molar-refractivity contribution >= 4 is 45.8 Å². The van der Waals surface area contributed by atoms with Gasteiger partial charge in [-0.3, -0.25) is 4.55 Å². The van der Waals surface area contributed by atoms with E-state index in [9.17, 15) is 13.2 Å². The normalized spacial score (nSPS) is 10.2. The monoisotopic (exact) mass is 270 g/mol. The van der Waals surface area contributed by atoms with Crippen LogP contribution in [0.3, 0.4) is 0 Å². The molecule has 1 N–H and O–H groups in total. The molecule has 0 bridgehead atoms. The van der Waals surface area contributed by atoms with Gasteiger partial charge in [0.05, 0.1) is 11.5 Å². The molecule has 0 saturated carbocycles. The second kappa shape index (κ2) is 6.97. The average Bonchev–Trinajstić information content (AvgIpc) is 2.17. The molecule has 0 radical (unpaired) electrons. The van der Waals surface area contributed by atoms with E-state index in [0.29, 0.717) is 0 Å². The minimum absolute atomic E-state index is 0. The van der Waals surface area contributed by atoms with Crippen LogP contribution in [-0.2, 0) is 14.9 Å². The number of hydrogen-bond donors (Lipinski definition) is 1. The molecule has 0 saturated heterocycles.